The molecule has 0 unspecified atom stereocenters. The van der Waals surface area contributed by atoms with Crippen LogP contribution in [0.5, 0.6) is 0 Å². The van der Waals surface area contributed by atoms with Crippen molar-refractivity contribution in [3.63, 3.8) is 0 Å². The third-order valence-corrected chi connectivity index (χ3v) is 5.58. The first-order chi connectivity index (χ1) is 11.6. The Balaban J connectivity index is 2.08. The van der Waals surface area contributed by atoms with E-state index >= 15 is 0 Å². The van der Waals surface area contributed by atoms with Gasteiger partial charge in [0, 0.05) is 22.7 Å². The topological polar surface area (TPSA) is 30.9 Å². The second kappa shape index (κ2) is 4.49. The number of fused-ring (bicyclic) bond motifs is 5. The van der Waals surface area contributed by atoms with E-state index in [1.807, 2.05) is 0 Å². The summed E-state index contributed by atoms with van der Waals surface area (Å²) in [5.74, 6) is 0. The zero-order valence-electron chi connectivity index (χ0n) is 14.0. The lowest BCUT2D eigenvalue weighted by molar-refractivity contribution is 0.630. The van der Waals surface area contributed by atoms with Crippen molar-refractivity contribution in [3.8, 4) is 5.69 Å². The fraction of sp³-hybridized carbons (Fsp3) is 0.182. The van der Waals surface area contributed by atoms with E-state index < -0.39 is 0 Å². The maximum atomic E-state index is 5.88. The second-order valence-corrected chi connectivity index (χ2v) is 7.23. The predicted molar refractivity (Wildman–Crippen MR) is 101 cm³/mol. The number of rotatable bonds is 1. The molecule has 0 radical (unpaired) electrons. The van der Waals surface area contributed by atoms with Crippen LogP contribution in [0.25, 0.3) is 27.5 Å². The molecule has 2 heteroatoms. The predicted octanol–water partition coefficient (Wildman–Crippen LogP) is 4.88. The minimum atomic E-state index is -0.00280. The van der Waals surface area contributed by atoms with Gasteiger partial charge >= 0.3 is 0 Å². The Bertz CT molecular complexity index is 1120. The smallest absolute Gasteiger partial charge is 0.0582 e. The highest BCUT2D eigenvalue weighted by atomic mass is 15.0. The molecule has 0 saturated carbocycles. The maximum absolute atomic E-state index is 5.88. The zero-order valence-corrected chi connectivity index (χ0v) is 14.0. The van der Waals surface area contributed by atoms with Gasteiger partial charge in [0.05, 0.1) is 16.7 Å². The Morgan fingerprint density at radius 2 is 1.67 bits per heavy atom. The molecule has 4 aromatic rings. The van der Waals surface area contributed by atoms with Crippen LogP contribution in [0.2, 0.25) is 0 Å². The normalized spacial score (nSPS) is 15.0. The van der Waals surface area contributed by atoms with Crippen molar-refractivity contribution in [1.29, 1.82) is 0 Å². The molecule has 1 aliphatic rings. The first-order valence-corrected chi connectivity index (χ1v) is 8.49. The molecular formula is C22H20N2. The fourth-order valence-electron chi connectivity index (χ4n) is 4.34. The van der Waals surface area contributed by atoms with Gasteiger partial charge in [0.1, 0.15) is 0 Å². The van der Waals surface area contributed by atoms with Crippen LogP contribution in [0, 0.1) is 0 Å². The van der Waals surface area contributed by atoms with Gasteiger partial charge in [-0.25, -0.2) is 0 Å². The summed E-state index contributed by atoms with van der Waals surface area (Å²) in [5.41, 5.74) is 13.7. The van der Waals surface area contributed by atoms with E-state index in [0.717, 1.165) is 0 Å². The largest absolute Gasteiger partial charge is 0.326 e. The molecule has 0 atom stereocenters. The third-order valence-electron chi connectivity index (χ3n) is 5.58. The van der Waals surface area contributed by atoms with Gasteiger partial charge in [-0.3, -0.25) is 0 Å². The second-order valence-electron chi connectivity index (χ2n) is 7.23. The molecule has 0 fully saturated rings. The number of hydrogen-bond donors (Lipinski definition) is 1. The molecule has 0 saturated heterocycles. The van der Waals surface area contributed by atoms with E-state index in [1.165, 1.54) is 44.2 Å². The van der Waals surface area contributed by atoms with Crippen LogP contribution in [0.15, 0.2) is 60.7 Å². The standard InChI is InChI=1S/C22H20N2/c1-22(2)17-7-3-4-9-20(17)24-19-11-10-14(13-23)12-16(19)15-6-5-8-18(22)21(15)24/h3-12H,13,23H2,1-2H3. The van der Waals surface area contributed by atoms with Crippen LogP contribution in [0.3, 0.4) is 0 Å². The molecule has 0 aliphatic carbocycles. The lowest BCUT2D eigenvalue weighted by Crippen LogP contribution is -2.26. The first-order valence-electron chi connectivity index (χ1n) is 8.49. The SMILES string of the molecule is CC1(C)c2ccccc2-n2c3ccc(CN)cc3c3cccc1c32. The monoisotopic (exact) mass is 312 g/mol. The Hall–Kier alpha value is -2.58. The lowest BCUT2D eigenvalue weighted by atomic mass is 9.75. The van der Waals surface area contributed by atoms with Crippen LogP contribution in [0.4, 0.5) is 0 Å². The van der Waals surface area contributed by atoms with Gasteiger partial charge in [0.2, 0.25) is 0 Å². The number of para-hydroxylation sites is 2. The molecule has 1 aliphatic heterocycles. The molecule has 0 spiro atoms. The summed E-state index contributed by atoms with van der Waals surface area (Å²) >= 11 is 0. The Morgan fingerprint density at radius 1 is 0.875 bits per heavy atom. The van der Waals surface area contributed by atoms with Crippen LogP contribution >= 0.6 is 0 Å². The average molecular weight is 312 g/mol. The van der Waals surface area contributed by atoms with Crippen LogP contribution in [-0.2, 0) is 12.0 Å². The summed E-state index contributed by atoms with van der Waals surface area (Å²) in [6.07, 6.45) is 0. The van der Waals surface area contributed by atoms with E-state index in [9.17, 15) is 0 Å². The summed E-state index contributed by atoms with van der Waals surface area (Å²) in [6.45, 7) is 5.23. The number of nitrogens with two attached hydrogens (primary N) is 1. The number of aromatic nitrogens is 1. The maximum Gasteiger partial charge on any atom is 0.0582 e. The van der Waals surface area contributed by atoms with Crippen molar-refractivity contribution in [3.05, 3.63) is 77.4 Å². The Morgan fingerprint density at radius 3 is 2.50 bits per heavy atom. The minimum absolute atomic E-state index is 0.00280. The van der Waals surface area contributed by atoms with Gasteiger partial charge in [0.15, 0.2) is 0 Å². The highest BCUT2D eigenvalue weighted by Gasteiger charge is 2.34. The summed E-state index contributed by atoms with van der Waals surface area (Å²) in [7, 11) is 0. The molecule has 2 nitrogen and oxygen atoms in total. The van der Waals surface area contributed by atoms with Gasteiger partial charge in [-0.15, -0.1) is 0 Å². The van der Waals surface area contributed by atoms with Gasteiger partial charge < -0.3 is 10.3 Å². The van der Waals surface area contributed by atoms with Crippen molar-refractivity contribution in [2.45, 2.75) is 25.8 Å². The van der Waals surface area contributed by atoms with E-state index in [2.05, 4.69) is 79.1 Å². The van der Waals surface area contributed by atoms with Crippen molar-refractivity contribution >= 4 is 21.8 Å². The molecular weight excluding hydrogens is 292 g/mol. The number of benzene rings is 3. The highest BCUT2D eigenvalue weighted by Crippen LogP contribution is 2.47. The van der Waals surface area contributed by atoms with Gasteiger partial charge in [0.25, 0.3) is 0 Å². The lowest BCUT2D eigenvalue weighted by Gasteiger charge is -2.34. The van der Waals surface area contributed by atoms with Gasteiger partial charge in [-0.1, -0.05) is 56.3 Å². The highest BCUT2D eigenvalue weighted by molar-refractivity contribution is 6.11. The molecule has 1 aromatic heterocycles. The molecule has 0 bridgehead atoms. The van der Waals surface area contributed by atoms with E-state index in [0.29, 0.717) is 6.54 Å². The molecule has 2 heterocycles. The molecule has 118 valence electrons. The van der Waals surface area contributed by atoms with Crippen molar-refractivity contribution in [2.75, 3.05) is 0 Å². The van der Waals surface area contributed by atoms with Crippen molar-refractivity contribution in [1.82, 2.24) is 4.57 Å². The minimum Gasteiger partial charge on any atom is -0.326 e. The van der Waals surface area contributed by atoms with Crippen LogP contribution in [-0.4, -0.2) is 4.57 Å². The van der Waals surface area contributed by atoms with E-state index in [-0.39, 0.29) is 5.41 Å². The van der Waals surface area contributed by atoms with E-state index in [1.54, 1.807) is 0 Å². The number of nitrogens with zero attached hydrogens (tertiary/aromatic N) is 1. The summed E-state index contributed by atoms with van der Waals surface area (Å²) in [4.78, 5) is 0. The number of hydrogen-bond acceptors (Lipinski definition) is 1. The molecule has 24 heavy (non-hydrogen) atoms. The third kappa shape index (κ3) is 1.54. The average Bonchev–Trinajstić information content (AvgIpc) is 2.94. The Labute approximate surface area is 141 Å². The van der Waals surface area contributed by atoms with Crippen molar-refractivity contribution < 1.29 is 0 Å². The molecule has 5 rings (SSSR count). The Kier molecular flexibility index (Phi) is 2.59. The summed E-state index contributed by atoms with van der Waals surface area (Å²) in [6, 6.07) is 22.1. The van der Waals surface area contributed by atoms with Crippen LogP contribution in [0.1, 0.15) is 30.5 Å². The summed E-state index contributed by atoms with van der Waals surface area (Å²) in [5, 5.41) is 2.61. The molecule has 2 N–H and O–H groups in total. The quantitative estimate of drug-likeness (QED) is 0.533. The molecule has 3 aromatic carbocycles. The molecule has 0 amide bonds. The first kappa shape index (κ1) is 13.8. The van der Waals surface area contributed by atoms with E-state index in [4.69, 9.17) is 5.73 Å². The van der Waals surface area contributed by atoms with Gasteiger partial charge in [-0.05, 0) is 34.9 Å². The fourth-order valence-corrected chi connectivity index (χ4v) is 4.34. The summed E-state index contributed by atoms with van der Waals surface area (Å²) < 4.78 is 2.43. The van der Waals surface area contributed by atoms with Crippen LogP contribution < -0.4 is 5.73 Å². The zero-order chi connectivity index (χ0) is 16.5. The van der Waals surface area contributed by atoms with Gasteiger partial charge in [-0.2, -0.15) is 0 Å². The van der Waals surface area contributed by atoms with Crippen molar-refractivity contribution in [2.24, 2.45) is 5.73 Å².